The van der Waals surface area contributed by atoms with Crippen LogP contribution in [-0.2, 0) is 22.6 Å². The molecule has 1 aliphatic rings. The molecule has 2 aromatic carbocycles. The Morgan fingerprint density at radius 2 is 1.62 bits per heavy atom. The first-order chi connectivity index (χ1) is 16.1. The molecular weight excluding hydrogens is 489 g/mol. The summed E-state index contributed by atoms with van der Waals surface area (Å²) in [6, 6.07) is 14.1. The van der Waals surface area contributed by atoms with Crippen LogP contribution >= 0.6 is 11.6 Å². The van der Waals surface area contributed by atoms with Gasteiger partial charge in [-0.3, -0.25) is 0 Å². The van der Waals surface area contributed by atoms with Gasteiger partial charge >= 0.3 is 6.18 Å². The number of sulfonamides is 1. The van der Waals surface area contributed by atoms with Crippen molar-refractivity contribution in [2.75, 3.05) is 31.1 Å². The van der Waals surface area contributed by atoms with E-state index in [9.17, 15) is 21.6 Å². The average molecular weight is 511 g/mol. The summed E-state index contributed by atoms with van der Waals surface area (Å²) < 4.78 is 66.4. The van der Waals surface area contributed by atoms with E-state index in [1.807, 2.05) is 41.3 Å². The molecular formula is C23H22ClF3N4O2S. The van der Waals surface area contributed by atoms with Crippen molar-refractivity contribution < 1.29 is 21.6 Å². The average Bonchev–Trinajstić information content (AvgIpc) is 2.84. The molecule has 0 spiro atoms. The van der Waals surface area contributed by atoms with Crippen molar-refractivity contribution in [3.63, 3.8) is 0 Å². The maximum Gasteiger partial charge on any atom is 0.416 e. The Morgan fingerprint density at radius 3 is 2.18 bits per heavy atom. The van der Waals surface area contributed by atoms with Gasteiger partial charge in [-0.2, -0.15) is 17.5 Å². The number of piperazine rings is 1. The van der Waals surface area contributed by atoms with E-state index in [1.165, 1.54) is 5.56 Å². The standard InChI is InChI=1S/C23H22ClF3N4O2S/c1-2-16-3-5-17(6-4-16)20-9-10-22(29-28-20)30-11-13-31(14-12-30)34(32,33)21-15-18(23(25,26)27)7-8-19(21)24/h3-10,15H,2,11-14H2,1H3. The first-order valence-electron chi connectivity index (χ1n) is 10.6. The van der Waals surface area contributed by atoms with Crippen molar-refractivity contribution in [2.45, 2.75) is 24.4 Å². The number of rotatable bonds is 5. The number of hydrogen-bond acceptors (Lipinski definition) is 5. The third-order valence-electron chi connectivity index (χ3n) is 5.75. The second-order valence-corrected chi connectivity index (χ2v) is 10.2. The molecule has 1 aliphatic heterocycles. The molecule has 0 radical (unpaired) electrons. The van der Waals surface area contributed by atoms with E-state index in [4.69, 9.17) is 11.6 Å². The number of benzene rings is 2. The molecule has 11 heteroatoms. The van der Waals surface area contributed by atoms with Crippen LogP contribution in [0.15, 0.2) is 59.5 Å². The number of nitrogens with zero attached hydrogens (tertiary/aromatic N) is 4. The lowest BCUT2D eigenvalue weighted by atomic mass is 10.1. The number of anilines is 1. The lowest BCUT2D eigenvalue weighted by Gasteiger charge is -2.34. The monoisotopic (exact) mass is 510 g/mol. The molecule has 0 aliphatic carbocycles. The van der Waals surface area contributed by atoms with E-state index in [2.05, 4.69) is 17.1 Å². The van der Waals surface area contributed by atoms with Gasteiger partial charge in [-0.05, 0) is 42.3 Å². The molecule has 4 rings (SSSR count). The van der Waals surface area contributed by atoms with Crippen LogP contribution in [0.2, 0.25) is 5.02 Å². The van der Waals surface area contributed by atoms with Gasteiger partial charge < -0.3 is 4.90 Å². The zero-order valence-electron chi connectivity index (χ0n) is 18.3. The largest absolute Gasteiger partial charge is 0.416 e. The molecule has 0 bridgehead atoms. The van der Waals surface area contributed by atoms with Crippen LogP contribution in [0.25, 0.3) is 11.3 Å². The second kappa shape index (κ2) is 9.52. The molecule has 1 aromatic heterocycles. The Kier molecular flexibility index (Phi) is 6.84. The summed E-state index contributed by atoms with van der Waals surface area (Å²) in [5.74, 6) is 0.600. The first-order valence-corrected chi connectivity index (χ1v) is 12.5. The Bertz CT molecular complexity index is 1260. The van der Waals surface area contributed by atoms with E-state index in [0.717, 1.165) is 34.1 Å². The third kappa shape index (κ3) is 5.03. The lowest BCUT2D eigenvalue weighted by molar-refractivity contribution is -0.137. The third-order valence-corrected chi connectivity index (χ3v) is 8.13. The zero-order chi connectivity index (χ0) is 24.5. The molecule has 0 atom stereocenters. The molecule has 34 heavy (non-hydrogen) atoms. The predicted octanol–water partition coefficient (Wildman–Crippen LogP) is 4.89. The van der Waals surface area contributed by atoms with Crippen molar-refractivity contribution >= 4 is 27.4 Å². The number of aromatic nitrogens is 2. The van der Waals surface area contributed by atoms with Gasteiger partial charge in [0.05, 0.1) is 16.3 Å². The van der Waals surface area contributed by atoms with Gasteiger partial charge in [-0.1, -0.05) is 42.8 Å². The summed E-state index contributed by atoms with van der Waals surface area (Å²) in [6.07, 6.45) is -3.72. The van der Waals surface area contributed by atoms with Gasteiger partial charge in [0.1, 0.15) is 4.90 Å². The van der Waals surface area contributed by atoms with Crippen LogP contribution in [0, 0.1) is 0 Å². The Morgan fingerprint density at radius 1 is 0.941 bits per heavy atom. The highest BCUT2D eigenvalue weighted by Gasteiger charge is 2.35. The molecule has 180 valence electrons. The van der Waals surface area contributed by atoms with Gasteiger partial charge in [0.25, 0.3) is 0 Å². The molecule has 0 saturated carbocycles. The second-order valence-electron chi connectivity index (χ2n) is 7.86. The summed E-state index contributed by atoms with van der Waals surface area (Å²) in [7, 11) is -4.19. The minimum Gasteiger partial charge on any atom is -0.352 e. The zero-order valence-corrected chi connectivity index (χ0v) is 19.8. The van der Waals surface area contributed by atoms with Crippen LogP contribution in [0.3, 0.4) is 0 Å². The summed E-state index contributed by atoms with van der Waals surface area (Å²) >= 11 is 5.95. The van der Waals surface area contributed by atoms with Crippen molar-refractivity contribution in [3.05, 3.63) is 70.7 Å². The summed E-state index contributed by atoms with van der Waals surface area (Å²) in [6.45, 7) is 2.88. The first kappa shape index (κ1) is 24.4. The molecule has 1 fully saturated rings. The lowest BCUT2D eigenvalue weighted by Crippen LogP contribution is -2.49. The van der Waals surface area contributed by atoms with Crippen molar-refractivity contribution in [2.24, 2.45) is 0 Å². The minimum atomic E-state index is -4.67. The number of alkyl halides is 3. The highest BCUT2D eigenvalue weighted by Crippen LogP contribution is 2.34. The van der Waals surface area contributed by atoms with Crippen molar-refractivity contribution in [1.29, 1.82) is 0 Å². The van der Waals surface area contributed by atoms with E-state index < -0.39 is 26.7 Å². The number of halogens is 4. The fourth-order valence-corrected chi connectivity index (χ4v) is 5.66. The number of aryl methyl sites for hydroxylation is 1. The van der Waals surface area contributed by atoms with E-state index in [0.29, 0.717) is 25.0 Å². The van der Waals surface area contributed by atoms with Gasteiger partial charge in [0.15, 0.2) is 5.82 Å². The van der Waals surface area contributed by atoms with E-state index in [-0.39, 0.29) is 18.1 Å². The fraction of sp³-hybridized carbons (Fsp3) is 0.304. The van der Waals surface area contributed by atoms with Crippen LogP contribution in [0.5, 0.6) is 0 Å². The predicted molar refractivity (Wildman–Crippen MR) is 124 cm³/mol. The smallest absolute Gasteiger partial charge is 0.352 e. The maximum absolute atomic E-state index is 13.1. The van der Waals surface area contributed by atoms with Crippen LogP contribution in [-0.4, -0.2) is 49.1 Å². The van der Waals surface area contributed by atoms with Gasteiger partial charge in [0, 0.05) is 31.7 Å². The van der Waals surface area contributed by atoms with Gasteiger partial charge in [-0.15, -0.1) is 10.2 Å². The van der Waals surface area contributed by atoms with E-state index >= 15 is 0 Å². The van der Waals surface area contributed by atoms with Gasteiger partial charge in [-0.25, -0.2) is 8.42 Å². The molecule has 3 aromatic rings. The Labute approximate surface area is 201 Å². The highest BCUT2D eigenvalue weighted by atomic mass is 35.5. The fourth-order valence-electron chi connectivity index (χ4n) is 3.73. The molecule has 1 saturated heterocycles. The molecule has 0 amide bonds. The highest BCUT2D eigenvalue weighted by molar-refractivity contribution is 7.89. The Hall–Kier alpha value is -2.69. The van der Waals surface area contributed by atoms with Crippen molar-refractivity contribution in [1.82, 2.24) is 14.5 Å². The molecule has 0 N–H and O–H groups in total. The SMILES string of the molecule is CCc1ccc(-c2ccc(N3CCN(S(=O)(=O)c4cc(C(F)(F)F)ccc4Cl)CC3)nn2)cc1. The van der Waals surface area contributed by atoms with Crippen LogP contribution in [0.1, 0.15) is 18.1 Å². The summed E-state index contributed by atoms with van der Waals surface area (Å²) in [5, 5.41) is 8.33. The van der Waals surface area contributed by atoms with Crippen molar-refractivity contribution in [3.8, 4) is 11.3 Å². The summed E-state index contributed by atoms with van der Waals surface area (Å²) in [5.41, 5.74) is 1.85. The molecule has 0 unspecified atom stereocenters. The topological polar surface area (TPSA) is 66.4 Å². The van der Waals surface area contributed by atoms with Gasteiger partial charge in [0.2, 0.25) is 10.0 Å². The molecule has 6 nitrogen and oxygen atoms in total. The van der Waals surface area contributed by atoms with E-state index in [1.54, 1.807) is 0 Å². The Balaban J connectivity index is 1.46. The summed E-state index contributed by atoms with van der Waals surface area (Å²) in [4.78, 5) is 1.34. The number of hydrogen-bond donors (Lipinski definition) is 0. The maximum atomic E-state index is 13.1. The van der Waals surface area contributed by atoms with Crippen LogP contribution in [0.4, 0.5) is 19.0 Å². The minimum absolute atomic E-state index is 0.0802. The molecule has 2 heterocycles. The quantitative estimate of drug-likeness (QED) is 0.489. The van der Waals surface area contributed by atoms with Crippen LogP contribution < -0.4 is 4.90 Å². The normalized spacial score (nSPS) is 15.5.